The highest BCUT2D eigenvalue weighted by molar-refractivity contribution is 5.71. The Hall–Kier alpha value is -1.29. The van der Waals surface area contributed by atoms with Crippen LogP contribution in [0.15, 0.2) is 16.5 Å². The van der Waals surface area contributed by atoms with E-state index in [0.29, 0.717) is 13.1 Å². The maximum atomic E-state index is 10.6. The minimum absolute atomic E-state index is 0.189. The van der Waals surface area contributed by atoms with Gasteiger partial charge in [-0.1, -0.05) is 6.92 Å². The Labute approximate surface area is 88.5 Å². The van der Waals surface area contributed by atoms with Crippen molar-refractivity contribution in [2.75, 3.05) is 13.1 Å². The molecule has 15 heavy (non-hydrogen) atoms. The summed E-state index contributed by atoms with van der Waals surface area (Å²) in [6.45, 7) is 4.05. The minimum atomic E-state index is -0.694. The SMILES string of the molecule is CCc1ccc(CN2CC(C(=O)O)C2)o1. The highest BCUT2D eigenvalue weighted by Crippen LogP contribution is 2.19. The second-order valence-electron chi connectivity index (χ2n) is 3.95. The van der Waals surface area contributed by atoms with Gasteiger partial charge in [-0.15, -0.1) is 0 Å². The third kappa shape index (κ3) is 2.21. The molecule has 0 bridgehead atoms. The van der Waals surface area contributed by atoms with Gasteiger partial charge in [0.25, 0.3) is 0 Å². The predicted molar refractivity (Wildman–Crippen MR) is 54.5 cm³/mol. The molecule has 1 saturated heterocycles. The van der Waals surface area contributed by atoms with Crippen LogP contribution in [0, 0.1) is 5.92 Å². The third-order valence-corrected chi connectivity index (χ3v) is 2.75. The third-order valence-electron chi connectivity index (χ3n) is 2.75. The molecule has 1 N–H and O–H groups in total. The van der Waals surface area contributed by atoms with Gasteiger partial charge < -0.3 is 9.52 Å². The average Bonchev–Trinajstić information content (AvgIpc) is 2.57. The minimum Gasteiger partial charge on any atom is -0.481 e. The van der Waals surface area contributed by atoms with Gasteiger partial charge in [0.05, 0.1) is 12.5 Å². The Morgan fingerprint density at radius 3 is 2.73 bits per heavy atom. The number of aryl methyl sites for hydroxylation is 1. The van der Waals surface area contributed by atoms with E-state index in [-0.39, 0.29) is 5.92 Å². The van der Waals surface area contributed by atoms with Crippen LogP contribution < -0.4 is 0 Å². The van der Waals surface area contributed by atoms with Crippen molar-refractivity contribution in [3.63, 3.8) is 0 Å². The lowest BCUT2D eigenvalue weighted by atomic mass is 10.0. The summed E-state index contributed by atoms with van der Waals surface area (Å²) in [6.07, 6.45) is 0.901. The predicted octanol–water partition coefficient (Wildman–Crippen LogP) is 1.36. The van der Waals surface area contributed by atoms with Crippen LogP contribution in [-0.4, -0.2) is 29.1 Å². The van der Waals surface area contributed by atoms with E-state index in [1.165, 1.54) is 0 Å². The van der Waals surface area contributed by atoms with E-state index >= 15 is 0 Å². The number of hydrogen-bond acceptors (Lipinski definition) is 3. The van der Waals surface area contributed by atoms with E-state index in [9.17, 15) is 4.79 Å². The van der Waals surface area contributed by atoms with Gasteiger partial charge in [-0.25, -0.2) is 0 Å². The normalized spacial score (nSPS) is 17.7. The molecule has 1 fully saturated rings. The Bertz CT molecular complexity index is 352. The summed E-state index contributed by atoms with van der Waals surface area (Å²) in [5.74, 6) is 1.03. The second kappa shape index (κ2) is 4.06. The fourth-order valence-corrected chi connectivity index (χ4v) is 1.77. The van der Waals surface area contributed by atoms with Crippen LogP contribution in [0.5, 0.6) is 0 Å². The number of aliphatic carboxylic acids is 1. The first-order chi connectivity index (χ1) is 7.19. The lowest BCUT2D eigenvalue weighted by Crippen LogP contribution is -2.49. The number of nitrogens with zero attached hydrogens (tertiary/aromatic N) is 1. The molecule has 82 valence electrons. The maximum absolute atomic E-state index is 10.6. The Balaban J connectivity index is 1.82. The van der Waals surface area contributed by atoms with Crippen LogP contribution in [0.3, 0.4) is 0 Å². The first-order valence-corrected chi connectivity index (χ1v) is 5.21. The average molecular weight is 209 g/mol. The number of rotatable bonds is 4. The van der Waals surface area contributed by atoms with Crippen LogP contribution in [0.1, 0.15) is 18.4 Å². The van der Waals surface area contributed by atoms with Crippen molar-refractivity contribution in [1.82, 2.24) is 4.90 Å². The summed E-state index contributed by atoms with van der Waals surface area (Å²) in [5, 5.41) is 8.71. The summed E-state index contributed by atoms with van der Waals surface area (Å²) in [5.41, 5.74) is 0. The molecule has 4 heteroatoms. The molecule has 0 atom stereocenters. The molecule has 1 aromatic heterocycles. The van der Waals surface area contributed by atoms with Crippen molar-refractivity contribution in [3.05, 3.63) is 23.7 Å². The van der Waals surface area contributed by atoms with Gasteiger partial charge in [0.1, 0.15) is 11.5 Å². The standard InChI is InChI=1S/C11H15NO3/c1-2-9-3-4-10(15-9)7-12-5-8(6-12)11(13)14/h3-4,8H,2,5-7H2,1H3,(H,13,14). The highest BCUT2D eigenvalue weighted by atomic mass is 16.4. The zero-order valence-corrected chi connectivity index (χ0v) is 8.77. The molecule has 4 nitrogen and oxygen atoms in total. The van der Waals surface area contributed by atoms with Crippen molar-refractivity contribution < 1.29 is 14.3 Å². The molecule has 0 spiro atoms. The van der Waals surface area contributed by atoms with Gasteiger partial charge in [0, 0.05) is 19.5 Å². The molecule has 1 aliphatic rings. The number of hydrogen-bond donors (Lipinski definition) is 1. The van der Waals surface area contributed by atoms with Crippen LogP contribution in [-0.2, 0) is 17.8 Å². The molecule has 0 aromatic carbocycles. The Morgan fingerprint density at radius 2 is 2.20 bits per heavy atom. The van der Waals surface area contributed by atoms with Gasteiger partial charge >= 0.3 is 5.97 Å². The molecule has 0 saturated carbocycles. The lowest BCUT2D eigenvalue weighted by molar-refractivity contribution is -0.147. The summed E-state index contributed by atoms with van der Waals surface area (Å²) < 4.78 is 5.55. The van der Waals surface area contributed by atoms with Crippen molar-refractivity contribution in [3.8, 4) is 0 Å². The van der Waals surface area contributed by atoms with Gasteiger partial charge in [-0.3, -0.25) is 9.69 Å². The van der Waals surface area contributed by atoms with E-state index in [2.05, 4.69) is 4.90 Å². The molecular weight excluding hydrogens is 194 g/mol. The first-order valence-electron chi connectivity index (χ1n) is 5.21. The summed E-state index contributed by atoms with van der Waals surface area (Å²) in [4.78, 5) is 12.7. The van der Waals surface area contributed by atoms with Crippen molar-refractivity contribution in [2.45, 2.75) is 19.9 Å². The van der Waals surface area contributed by atoms with Crippen LogP contribution in [0.25, 0.3) is 0 Å². The Morgan fingerprint density at radius 1 is 1.53 bits per heavy atom. The van der Waals surface area contributed by atoms with Crippen molar-refractivity contribution in [1.29, 1.82) is 0 Å². The number of furan rings is 1. The van der Waals surface area contributed by atoms with Gasteiger partial charge in [-0.2, -0.15) is 0 Å². The molecule has 2 heterocycles. The number of carbonyl (C=O) groups is 1. The Kier molecular flexibility index (Phi) is 2.77. The summed E-state index contributed by atoms with van der Waals surface area (Å²) in [7, 11) is 0. The highest BCUT2D eigenvalue weighted by Gasteiger charge is 2.32. The molecule has 0 aliphatic carbocycles. The molecule has 1 aromatic rings. The molecule has 0 unspecified atom stereocenters. The lowest BCUT2D eigenvalue weighted by Gasteiger charge is -2.35. The van der Waals surface area contributed by atoms with Crippen molar-refractivity contribution in [2.24, 2.45) is 5.92 Å². The van der Waals surface area contributed by atoms with Gasteiger partial charge in [0.2, 0.25) is 0 Å². The summed E-state index contributed by atoms with van der Waals surface area (Å²) >= 11 is 0. The number of likely N-dealkylation sites (tertiary alicyclic amines) is 1. The zero-order valence-electron chi connectivity index (χ0n) is 8.77. The maximum Gasteiger partial charge on any atom is 0.309 e. The molecular formula is C11H15NO3. The molecule has 0 amide bonds. The van der Waals surface area contributed by atoms with Crippen LogP contribution in [0.2, 0.25) is 0 Å². The van der Waals surface area contributed by atoms with E-state index in [1.54, 1.807) is 0 Å². The van der Waals surface area contributed by atoms with Gasteiger partial charge in [0.15, 0.2) is 0 Å². The fourth-order valence-electron chi connectivity index (χ4n) is 1.77. The van der Waals surface area contributed by atoms with E-state index in [1.807, 2.05) is 19.1 Å². The molecule has 2 rings (SSSR count). The first kappa shape index (κ1) is 10.2. The topological polar surface area (TPSA) is 53.7 Å². The van der Waals surface area contributed by atoms with Crippen LogP contribution in [0.4, 0.5) is 0 Å². The van der Waals surface area contributed by atoms with E-state index in [0.717, 1.165) is 24.5 Å². The van der Waals surface area contributed by atoms with Crippen molar-refractivity contribution >= 4 is 5.97 Å². The molecule has 0 radical (unpaired) electrons. The second-order valence-corrected chi connectivity index (χ2v) is 3.95. The van der Waals surface area contributed by atoms with Crippen LogP contribution >= 0.6 is 0 Å². The van der Waals surface area contributed by atoms with E-state index in [4.69, 9.17) is 9.52 Å². The largest absolute Gasteiger partial charge is 0.481 e. The number of carboxylic acid groups (broad SMARTS) is 1. The number of carboxylic acids is 1. The van der Waals surface area contributed by atoms with E-state index < -0.39 is 5.97 Å². The zero-order chi connectivity index (χ0) is 10.8. The summed E-state index contributed by atoms with van der Waals surface area (Å²) in [6, 6.07) is 3.94. The smallest absolute Gasteiger partial charge is 0.309 e. The van der Waals surface area contributed by atoms with Gasteiger partial charge in [-0.05, 0) is 12.1 Å². The fraction of sp³-hybridized carbons (Fsp3) is 0.545. The monoisotopic (exact) mass is 209 g/mol. The molecule has 1 aliphatic heterocycles. The quantitative estimate of drug-likeness (QED) is 0.813.